The van der Waals surface area contributed by atoms with E-state index in [4.69, 9.17) is 0 Å². The molecule has 0 atom stereocenters. The van der Waals surface area contributed by atoms with Crippen molar-refractivity contribution in [1.82, 2.24) is 0 Å². The fraction of sp³-hybridized carbons (Fsp3) is 0.826. The maximum atomic E-state index is 2.31. The molecule has 0 saturated carbocycles. The molecule has 134 valence electrons. The van der Waals surface area contributed by atoms with Crippen molar-refractivity contribution in [2.24, 2.45) is 0 Å². The zero-order chi connectivity index (χ0) is 16.4. The molecule has 1 aliphatic carbocycles. The van der Waals surface area contributed by atoms with E-state index in [0.717, 1.165) is 0 Å². The minimum absolute atomic E-state index is 1.22. The standard InChI is InChI=1S/C23H42/c1-2-3-4-5-6-7-8-9-10-11-12-13-14-15-16-17-20-23-21-18-19-22-23/h18-19,21H,2-17,20,22H2,1H3. The Morgan fingerprint density at radius 2 is 1.04 bits per heavy atom. The largest absolute Gasteiger partial charge is 0.0805 e. The summed E-state index contributed by atoms with van der Waals surface area (Å²) in [6, 6.07) is 0. The lowest BCUT2D eigenvalue weighted by molar-refractivity contribution is 0.529. The average Bonchev–Trinajstić information content (AvgIpc) is 3.08. The second-order valence-corrected chi connectivity index (χ2v) is 7.51. The molecule has 0 N–H and O–H groups in total. The summed E-state index contributed by atoms with van der Waals surface area (Å²) in [6.45, 7) is 2.30. The zero-order valence-electron chi connectivity index (χ0n) is 16.0. The molecule has 0 heteroatoms. The van der Waals surface area contributed by atoms with Gasteiger partial charge in [0.1, 0.15) is 0 Å². The van der Waals surface area contributed by atoms with Crippen LogP contribution in [0.1, 0.15) is 122 Å². The molecule has 0 saturated heterocycles. The molecule has 0 radical (unpaired) electrons. The van der Waals surface area contributed by atoms with Crippen molar-refractivity contribution >= 4 is 0 Å². The van der Waals surface area contributed by atoms with Crippen molar-refractivity contribution in [1.29, 1.82) is 0 Å². The fourth-order valence-electron chi connectivity index (χ4n) is 3.58. The topological polar surface area (TPSA) is 0 Å². The summed E-state index contributed by atoms with van der Waals surface area (Å²) < 4.78 is 0. The number of unbranched alkanes of at least 4 members (excludes halogenated alkanes) is 15. The number of allylic oxidation sites excluding steroid dienone is 4. The molecule has 0 amide bonds. The Morgan fingerprint density at radius 3 is 1.43 bits per heavy atom. The van der Waals surface area contributed by atoms with Crippen LogP contribution >= 0.6 is 0 Å². The summed E-state index contributed by atoms with van der Waals surface area (Å²) >= 11 is 0. The smallest absolute Gasteiger partial charge is 0.0133 e. The van der Waals surface area contributed by atoms with Crippen LogP contribution in [0.4, 0.5) is 0 Å². The highest BCUT2D eigenvalue weighted by atomic mass is 14.0. The summed E-state index contributed by atoms with van der Waals surface area (Å²) in [5.74, 6) is 0. The lowest BCUT2D eigenvalue weighted by Crippen LogP contribution is -1.84. The van der Waals surface area contributed by atoms with E-state index in [2.05, 4.69) is 25.2 Å². The second kappa shape index (κ2) is 16.3. The van der Waals surface area contributed by atoms with Crippen molar-refractivity contribution in [3.05, 3.63) is 23.8 Å². The molecule has 0 aromatic carbocycles. The van der Waals surface area contributed by atoms with Crippen molar-refractivity contribution < 1.29 is 0 Å². The van der Waals surface area contributed by atoms with Crippen LogP contribution in [0.25, 0.3) is 0 Å². The Balaban J connectivity index is 1.65. The molecule has 23 heavy (non-hydrogen) atoms. The summed E-state index contributed by atoms with van der Waals surface area (Å²) in [5, 5.41) is 0. The highest BCUT2D eigenvalue weighted by Gasteiger charge is 1.99. The average molecular weight is 319 g/mol. The second-order valence-electron chi connectivity index (χ2n) is 7.51. The Bertz CT molecular complexity index is 297. The molecule has 1 rings (SSSR count). The highest BCUT2D eigenvalue weighted by Crippen LogP contribution is 2.19. The quantitative estimate of drug-likeness (QED) is 0.236. The molecule has 0 fully saturated rings. The predicted octanol–water partition coefficient (Wildman–Crippen LogP) is 8.52. The van der Waals surface area contributed by atoms with E-state index in [1.165, 1.54) is 116 Å². The monoisotopic (exact) mass is 318 g/mol. The fourth-order valence-corrected chi connectivity index (χ4v) is 3.58. The summed E-state index contributed by atoms with van der Waals surface area (Å²) in [6.07, 6.45) is 32.7. The Kier molecular flexibility index (Phi) is 14.6. The van der Waals surface area contributed by atoms with Gasteiger partial charge in [-0.05, 0) is 19.3 Å². The Labute approximate surface area is 146 Å². The molecule has 0 heterocycles. The van der Waals surface area contributed by atoms with Crippen LogP contribution in [0.5, 0.6) is 0 Å². The predicted molar refractivity (Wildman–Crippen MR) is 106 cm³/mol. The summed E-state index contributed by atoms with van der Waals surface area (Å²) in [4.78, 5) is 0. The van der Waals surface area contributed by atoms with Gasteiger partial charge in [0, 0.05) is 0 Å². The van der Waals surface area contributed by atoms with Crippen LogP contribution in [0, 0.1) is 0 Å². The van der Waals surface area contributed by atoms with Gasteiger partial charge < -0.3 is 0 Å². The third-order valence-electron chi connectivity index (χ3n) is 5.20. The van der Waals surface area contributed by atoms with Crippen LogP contribution in [0.3, 0.4) is 0 Å². The number of hydrogen-bond donors (Lipinski definition) is 0. The Hall–Kier alpha value is -0.520. The lowest BCUT2D eigenvalue weighted by atomic mass is 10.0. The molecule has 0 unspecified atom stereocenters. The minimum atomic E-state index is 1.22. The Morgan fingerprint density at radius 1 is 0.609 bits per heavy atom. The number of rotatable bonds is 17. The first-order chi connectivity index (χ1) is 11.4. The molecule has 0 bridgehead atoms. The number of hydrogen-bond acceptors (Lipinski definition) is 0. The third kappa shape index (κ3) is 13.6. The van der Waals surface area contributed by atoms with Gasteiger partial charge in [-0.1, -0.05) is 127 Å². The van der Waals surface area contributed by atoms with Crippen LogP contribution in [-0.4, -0.2) is 0 Å². The molecular weight excluding hydrogens is 276 g/mol. The van der Waals surface area contributed by atoms with Crippen LogP contribution < -0.4 is 0 Å². The maximum absolute atomic E-state index is 2.31. The van der Waals surface area contributed by atoms with E-state index in [9.17, 15) is 0 Å². The van der Waals surface area contributed by atoms with Crippen molar-refractivity contribution in [2.75, 3.05) is 0 Å². The van der Waals surface area contributed by atoms with Crippen molar-refractivity contribution in [2.45, 2.75) is 122 Å². The highest BCUT2D eigenvalue weighted by molar-refractivity contribution is 5.22. The SMILES string of the molecule is CCCCCCCCCCCCCCCCCCC1=CC=CC1. The molecule has 0 nitrogen and oxygen atoms in total. The zero-order valence-corrected chi connectivity index (χ0v) is 16.0. The van der Waals surface area contributed by atoms with Gasteiger partial charge in [0.25, 0.3) is 0 Å². The van der Waals surface area contributed by atoms with E-state index in [1.54, 1.807) is 5.57 Å². The van der Waals surface area contributed by atoms with Gasteiger partial charge in [-0.2, -0.15) is 0 Å². The van der Waals surface area contributed by atoms with Gasteiger partial charge in [0.15, 0.2) is 0 Å². The van der Waals surface area contributed by atoms with Crippen LogP contribution in [0.15, 0.2) is 23.8 Å². The molecule has 0 aromatic rings. The van der Waals surface area contributed by atoms with E-state index >= 15 is 0 Å². The summed E-state index contributed by atoms with van der Waals surface area (Å²) in [7, 11) is 0. The molecular formula is C23H42. The first-order valence-electron chi connectivity index (χ1n) is 10.8. The normalized spacial score (nSPS) is 13.7. The van der Waals surface area contributed by atoms with Crippen molar-refractivity contribution in [3.8, 4) is 0 Å². The summed E-state index contributed by atoms with van der Waals surface area (Å²) in [5.41, 5.74) is 1.65. The van der Waals surface area contributed by atoms with E-state index in [1.807, 2.05) is 0 Å². The van der Waals surface area contributed by atoms with Crippen molar-refractivity contribution in [3.63, 3.8) is 0 Å². The van der Waals surface area contributed by atoms with Crippen LogP contribution in [-0.2, 0) is 0 Å². The molecule has 1 aliphatic rings. The van der Waals surface area contributed by atoms with Gasteiger partial charge in [-0.3, -0.25) is 0 Å². The van der Waals surface area contributed by atoms with E-state index < -0.39 is 0 Å². The lowest BCUT2D eigenvalue weighted by Gasteiger charge is -2.04. The van der Waals surface area contributed by atoms with Gasteiger partial charge in [-0.25, -0.2) is 0 Å². The van der Waals surface area contributed by atoms with E-state index in [0.29, 0.717) is 0 Å². The van der Waals surface area contributed by atoms with Crippen LogP contribution in [0.2, 0.25) is 0 Å². The molecule has 0 aliphatic heterocycles. The van der Waals surface area contributed by atoms with Gasteiger partial charge in [0.2, 0.25) is 0 Å². The molecule has 0 aromatic heterocycles. The van der Waals surface area contributed by atoms with E-state index in [-0.39, 0.29) is 0 Å². The van der Waals surface area contributed by atoms with Gasteiger partial charge >= 0.3 is 0 Å². The van der Waals surface area contributed by atoms with Gasteiger partial charge in [-0.15, -0.1) is 0 Å². The van der Waals surface area contributed by atoms with Gasteiger partial charge in [0.05, 0.1) is 0 Å². The minimum Gasteiger partial charge on any atom is -0.0805 e. The first-order valence-corrected chi connectivity index (χ1v) is 10.8. The first kappa shape index (κ1) is 20.5. The maximum Gasteiger partial charge on any atom is -0.0133 e. The third-order valence-corrected chi connectivity index (χ3v) is 5.20. The molecule has 0 spiro atoms.